The van der Waals surface area contributed by atoms with E-state index in [4.69, 9.17) is 0 Å². The van der Waals surface area contributed by atoms with Gasteiger partial charge in [0.15, 0.2) is 0 Å². The maximum Gasteiger partial charge on any atom is 0.315 e. The Morgan fingerprint density at radius 2 is 1.69 bits per heavy atom. The predicted octanol–water partition coefficient (Wildman–Crippen LogP) is 4.91. The van der Waals surface area contributed by atoms with E-state index in [1.165, 1.54) is 0 Å². The quantitative estimate of drug-likeness (QED) is 0.540. The van der Waals surface area contributed by atoms with Gasteiger partial charge >= 0.3 is 6.03 Å². The number of carbonyl (C=O) groups is 1. The largest absolute Gasteiger partial charge is 0.335 e. The van der Waals surface area contributed by atoms with E-state index >= 15 is 0 Å². The molecular formula is C26H29N3O2S. The maximum absolute atomic E-state index is 13.2. The van der Waals surface area contributed by atoms with Gasteiger partial charge < -0.3 is 10.6 Å². The van der Waals surface area contributed by atoms with Gasteiger partial charge in [-0.1, -0.05) is 54.6 Å². The minimum atomic E-state index is -1.04. The summed E-state index contributed by atoms with van der Waals surface area (Å²) < 4.78 is 13.2. The molecule has 32 heavy (non-hydrogen) atoms. The number of amides is 2. The summed E-state index contributed by atoms with van der Waals surface area (Å²) in [4.78, 5) is 17.2. The van der Waals surface area contributed by atoms with Gasteiger partial charge in [-0.25, -0.2) is 4.79 Å². The summed E-state index contributed by atoms with van der Waals surface area (Å²) in [5.41, 5.74) is 3.12. The number of pyridine rings is 1. The van der Waals surface area contributed by atoms with Gasteiger partial charge in [0.1, 0.15) is 0 Å². The van der Waals surface area contributed by atoms with E-state index in [-0.39, 0.29) is 12.1 Å². The van der Waals surface area contributed by atoms with Crippen molar-refractivity contribution in [1.29, 1.82) is 0 Å². The standard InChI is InChI=1S/C26H29N3O2S/c30-26(28-18-21-7-6-16-27-17-21)29-23-14-12-20(13-15-23)19-32(31)25-11-5-4-10-24(25)22-8-2-1-3-9-22/h1-11,16-17,20,23H,12-15,18-19H2,(H2,28,29,30). The van der Waals surface area contributed by atoms with Gasteiger partial charge in [-0.15, -0.1) is 0 Å². The highest BCUT2D eigenvalue weighted by Gasteiger charge is 2.25. The average Bonchev–Trinajstić information content (AvgIpc) is 2.85. The molecule has 1 unspecified atom stereocenters. The van der Waals surface area contributed by atoms with Gasteiger partial charge in [0, 0.05) is 35.6 Å². The highest BCUT2D eigenvalue weighted by molar-refractivity contribution is 7.85. The van der Waals surface area contributed by atoms with E-state index in [1.54, 1.807) is 12.4 Å². The van der Waals surface area contributed by atoms with Gasteiger partial charge in [0.2, 0.25) is 0 Å². The molecule has 1 saturated carbocycles. The van der Waals surface area contributed by atoms with Crippen LogP contribution in [0.3, 0.4) is 0 Å². The Morgan fingerprint density at radius 1 is 0.938 bits per heavy atom. The summed E-state index contributed by atoms with van der Waals surface area (Å²) in [5, 5.41) is 5.97. The minimum Gasteiger partial charge on any atom is -0.335 e. The molecule has 1 aliphatic rings. The molecule has 6 heteroatoms. The molecule has 2 aromatic carbocycles. The van der Waals surface area contributed by atoms with Crippen LogP contribution in [0.2, 0.25) is 0 Å². The lowest BCUT2D eigenvalue weighted by atomic mass is 9.87. The summed E-state index contributed by atoms with van der Waals surface area (Å²) in [7, 11) is -1.04. The van der Waals surface area contributed by atoms with Crippen LogP contribution < -0.4 is 10.6 Å². The first-order valence-corrected chi connectivity index (χ1v) is 12.5. The molecule has 2 N–H and O–H groups in total. The van der Waals surface area contributed by atoms with E-state index in [0.29, 0.717) is 18.2 Å². The molecule has 0 bridgehead atoms. The van der Waals surface area contributed by atoms with Gasteiger partial charge in [0.25, 0.3) is 0 Å². The van der Waals surface area contributed by atoms with Crippen molar-refractivity contribution in [3.63, 3.8) is 0 Å². The molecule has 1 aromatic heterocycles. The second-order valence-electron chi connectivity index (χ2n) is 8.28. The van der Waals surface area contributed by atoms with Crippen LogP contribution in [-0.4, -0.2) is 27.0 Å². The summed E-state index contributed by atoms with van der Waals surface area (Å²) in [6.45, 7) is 0.467. The molecule has 3 aromatic rings. The molecular weight excluding hydrogens is 418 g/mol. The number of hydrogen-bond donors (Lipinski definition) is 2. The molecule has 1 aliphatic carbocycles. The van der Waals surface area contributed by atoms with E-state index in [1.807, 2.05) is 54.6 Å². The lowest BCUT2D eigenvalue weighted by Gasteiger charge is -2.29. The van der Waals surface area contributed by atoms with Crippen LogP contribution in [0.1, 0.15) is 31.2 Å². The van der Waals surface area contributed by atoms with Crippen LogP contribution in [0.15, 0.2) is 84.0 Å². The molecule has 1 heterocycles. The Balaban J connectivity index is 1.26. The molecule has 2 amide bonds. The fourth-order valence-electron chi connectivity index (χ4n) is 4.22. The molecule has 0 spiro atoms. The molecule has 0 saturated heterocycles. The van der Waals surface area contributed by atoms with Crippen LogP contribution in [-0.2, 0) is 17.3 Å². The van der Waals surface area contributed by atoms with Crippen LogP contribution in [0.5, 0.6) is 0 Å². The van der Waals surface area contributed by atoms with Crippen LogP contribution in [0.4, 0.5) is 4.79 Å². The third kappa shape index (κ3) is 6.04. The molecule has 5 nitrogen and oxygen atoms in total. The lowest BCUT2D eigenvalue weighted by Crippen LogP contribution is -2.43. The third-order valence-corrected chi connectivity index (χ3v) is 7.58. The zero-order chi connectivity index (χ0) is 22.2. The van der Waals surface area contributed by atoms with E-state index in [9.17, 15) is 9.00 Å². The highest BCUT2D eigenvalue weighted by Crippen LogP contribution is 2.30. The molecule has 0 aliphatic heterocycles. The Kier molecular flexibility index (Phi) is 7.67. The number of carbonyl (C=O) groups excluding carboxylic acids is 1. The Bertz CT molecular complexity index is 1040. The van der Waals surface area contributed by atoms with Crippen molar-refractivity contribution in [2.24, 2.45) is 5.92 Å². The topological polar surface area (TPSA) is 71.1 Å². The van der Waals surface area contributed by atoms with Crippen molar-refractivity contribution in [2.45, 2.75) is 43.2 Å². The van der Waals surface area contributed by atoms with Crippen LogP contribution in [0.25, 0.3) is 11.1 Å². The van der Waals surface area contributed by atoms with Gasteiger partial charge in [0.05, 0.1) is 10.8 Å². The van der Waals surface area contributed by atoms with Crippen molar-refractivity contribution in [3.8, 4) is 11.1 Å². The number of nitrogens with zero attached hydrogens (tertiary/aromatic N) is 1. The Morgan fingerprint density at radius 3 is 2.44 bits per heavy atom. The fourth-order valence-corrected chi connectivity index (χ4v) is 5.82. The predicted molar refractivity (Wildman–Crippen MR) is 129 cm³/mol. The van der Waals surface area contributed by atoms with Gasteiger partial charge in [-0.3, -0.25) is 9.19 Å². The smallest absolute Gasteiger partial charge is 0.315 e. The first kappa shape index (κ1) is 22.2. The number of hydrogen-bond acceptors (Lipinski definition) is 3. The lowest BCUT2D eigenvalue weighted by molar-refractivity contribution is 0.228. The third-order valence-electron chi connectivity index (χ3n) is 5.96. The average molecular weight is 448 g/mol. The second kappa shape index (κ2) is 11.0. The van der Waals surface area contributed by atoms with Crippen molar-refractivity contribution in [1.82, 2.24) is 15.6 Å². The Hall–Kier alpha value is -2.99. The SMILES string of the molecule is O=C(NCc1cccnc1)NC1CCC(CS(=O)c2ccccc2-c2ccccc2)CC1. The van der Waals surface area contributed by atoms with E-state index in [0.717, 1.165) is 47.3 Å². The number of nitrogens with one attached hydrogen (secondary N) is 2. The Labute approximate surface area is 192 Å². The minimum absolute atomic E-state index is 0.141. The number of urea groups is 1. The first-order chi connectivity index (χ1) is 15.7. The summed E-state index contributed by atoms with van der Waals surface area (Å²) in [6.07, 6.45) is 7.27. The van der Waals surface area contributed by atoms with Crippen molar-refractivity contribution < 1.29 is 9.00 Å². The monoisotopic (exact) mass is 447 g/mol. The molecule has 166 valence electrons. The summed E-state index contributed by atoms with van der Waals surface area (Å²) in [6, 6.07) is 22.0. The van der Waals surface area contributed by atoms with Crippen LogP contribution >= 0.6 is 0 Å². The van der Waals surface area contributed by atoms with Crippen molar-refractivity contribution in [3.05, 3.63) is 84.7 Å². The molecule has 1 atom stereocenters. The fraction of sp³-hybridized carbons (Fsp3) is 0.308. The molecule has 4 rings (SSSR count). The van der Waals surface area contributed by atoms with E-state index < -0.39 is 10.8 Å². The zero-order valence-electron chi connectivity index (χ0n) is 18.1. The maximum atomic E-state index is 13.2. The second-order valence-corrected chi connectivity index (χ2v) is 9.74. The molecule has 1 fully saturated rings. The number of rotatable bonds is 7. The first-order valence-electron chi connectivity index (χ1n) is 11.1. The van der Waals surface area contributed by atoms with E-state index in [2.05, 4.69) is 27.8 Å². The van der Waals surface area contributed by atoms with Gasteiger partial charge in [-0.05, 0) is 60.4 Å². The van der Waals surface area contributed by atoms with Gasteiger partial charge in [-0.2, -0.15) is 0 Å². The number of aromatic nitrogens is 1. The highest BCUT2D eigenvalue weighted by atomic mass is 32.2. The summed E-state index contributed by atoms with van der Waals surface area (Å²) >= 11 is 0. The van der Waals surface area contributed by atoms with Crippen LogP contribution in [0, 0.1) is 5.92 Å². The number of benzene rings is 2. The summed E-state index contributed by atoms with van der Waals surface area (Å²) in [5.74, 6) is 1.08. The van der Waals surface area contributed by atoms with Crippen molar-refractivity contribution in [2.75, 3.05) is 5.75 Å². The normalized spacial score (nSPS) is 19.1. The van der Waals surface area contributed by atoms with Crippen molar-refractivity contribution >= 4 is 16.8 Å². The molecule has 0 radical (unpaired) electrons. The zero-order valence-corrected chi connectivity index (χ0v) is 18.9.